The molecule has 0 aliphatic rings. The van der Waals surface area contributed by atoms with Crippen molar-refractivity contribution < 1.29 is 4.74 Å². The average Bonchev–Trinajstić information content (AvgIpc) is 2.79. The van der Waals surface area contributed by atoms with Crippen LogP contribution in [0.25, 0.3) is 0 Å². The number of halogens is 1. The van der Waals surface area contributed by atoms with Gasteiger partial charge in [-0.1, -0.05) is 107 Å². The third kappa shape index (κ3) is 8.88. The number of ether oxygens (including phenoxy) is 1. The van der Waals surface area contributed by atoms with Crippen molar-refractivity contribution in [3.8, 4) is 5.75 Å². The quantitative estimate of drug-likeness (QED) is 0.250. The first kappa shape index (κ1) is 27.5. The van der Waals surface area contributed by atoms with Crippen molar-refractivity contribution in [3.05, 3.63) is 108 Å². The van der Waals surface area contributed by atoms with Crippen LogP contribution in [0.5, 0.6) is 5.75 Å². The fraction of sp³-hybridized carbons (Fsp3) is 0.345. The summed E-state index contributed by atoms with van der Waals surface area (Å²) in [6.45, 7) is 16.7. The second-order valence-corrected chi connectivity index (χ2v) is 8.03. The predicted molar refractivity (Wildman–Crippen MR) is 140 cm³/mol. The molecule has 32 heavy (non-hydrogen) atoms. The molecule has 0 saturated heterocycles. The molecule has 0 aliphatic carbocycles. The smallest absolute Gasteiger partial charge is 0.145 e. The van der Waals surface area contributed by atoms with Crippen molar-refractivity contribution in [2.75, 3.05) is 0 Å². The SMILES string of the molecule is C=C/C=C(\C=C/C)C(C(=C)Oc1ccccc1Cl)C(CCCC)c1cccnc1.CCC. The van der Waals surface area contributed by atoms with Gasteiger partial charge < -0.3 is 4.74 Å². The van der Waals surface area contributed by atoms with Crippen LogP contribution in [0.15, 0.2) is 97.6 Å². The minimum Gasteiger partial charge on any atom is -0.460 e. The highest BCUT2D eigenvalue weighted by atomic mass is 35.5. The summed E-state index contributed by atoms with van der Waals surface area (Å²) in [4.78, 5) is 4.36. The summed E-state index contributed by atoms with van der Waals surface area (Å²) in [5, 5.41) is 0.569. The lowest BCUT2D eigenvalue weighted by atomic mass is 9.77. The van der Waals surface area contributed by atoms with E-state index in [-0.39, 0.29) is 11.8 Å². The van der Waals surface area contributed by atoms with E-state index >= 15 is 0 Å². The van der Waals surface area contributed by atoms with Crippen molar-refractivity contribution in [2.24, 2.45) is 5.92 Å². The normalized spacial score (nSPS) is 13.1. The van der Waals surface area contributed by atoms with E-state index < -0.39 is 0 Å². The fourth-order valence-electron chi connectivity index (χ4n) is 3.51. The van der Waals surface area contributed by atoms with Crippen LogP contribution in [-0.4, -0.2) is 4.98 Å². The second kappa shape index (κ2) is 16.1. The van der Waals surface area contributed by atoms with Crippen molar-refractivity contribution in [2.45, 2.75) is 59.3 Å². The van der Waals surface area contributed by atoms with Gasteiger partial charge in [0, 0.05) is 18.3 Å². The van der Waals surface area contributed by atoms with Gasteiger partial charge in [-0.25, -0.2) is 0 Å². The summed E-state index contributed by atoms with van der Waals surface area (Å²) in [5.74, 6) is 1.40. The van der Waals surface area contributed by atoms with Gasteiger partial charge in [0.1, 0.15) is 11.5 Å². The second-order valence-electron chi connectivity index (χ2n) is 7.62. The van der Waals surface area contributed by atoms with Crippen molar-refractivity contribution in [1.29, 1.82) is 0 Å². The van der Waals surface area contributed by atoms with Gasteiger partial charge in [0.25, 0.3) is 0 Å². The Morgan fingerprint density at radius 3 is 2.44 bits per heavy atom. The van der Waals surface area contributed by atoms with Gasteiger partial charge in [-0.05, 0) is 48.6 Å². The van der Waals surface area contributed by atoms with Gasteiger partial charge in [0.2, 0.25) is 0 Å². The summed E-state index contributed by atoms with van der Waals surface area (Å²) in [6.07, 6.45) is 16.2. The summed E-state index contributed by atoms with van der Waals surface area (Å²) in [5.41, 5.74) is 2.28. The van der Waals surface area contributed by atoms with E-state index in [1.165, 1.54) is 12.0 Å². The Kier molecular flexibility index (Phi) is 13.8. The molecule has 2 unspecified atom stereocenters. The number of hydrogen-bond acceptors (Lipinski definition) is 2. The number of hydrogen-bond donors (Lipinski definition) is 0. The topological polar surface area (TPSA) is 22.1 Å². The maximum absolute atomic E-state index is 6.33. The molecule has 1 heterocycles. The number of aromatic nitrogens is 1. The summed E-state index contributed by atoms with van der Waals surface area (Å²) in [7, 11) is 0. The monoisotopic (exact) mass is 451 g/mol. The van der Waals surface area contributed by atoms with Crippen molar-refractivity contribution in [3.63, 3.8) is 0 Å². The molecule has 3 heteroatoms. The average molecular weight is 452 g/mol. The largest absolute Gasteiger partial charge is 0.460 e. The zero-order valence-electron chi connectivity index (χ0n) is 20.1. The molecule has 2 atom stereocenters. The molecule has 0 spiro atoms. The van der Waals surface area contributed by atoms with Gasteiger partial charge in [0.05, 0.1) is 5.02 Å². The first-order valence-electron chi connectivity index (χ1n) is 11.5. The molecule has 1 aromatic carbocycles. The van der Waals surface area contributed by atoms with Gasteiger partial charge in [-0.3, -0.25) is 4.98 Å². The van der Waals surface area contributed by atoms with E-state index in [4.69, 9.17) is 16.3 Å². The summed E-state index contributed by atoms with van der Waals surface area (Å²) < 4.78 is 6.21. The molecule has 2 aromatic rings. The first-order chi connectivity index (χ1) is 15.5. The van der Waals surface area contributed by atoms with Crippen LogP contribution < -0.4 is 4.74 Å². The maximum Gasteiger partial charge on any atom is 0.145 e. The lowest BCUT2D eigenvalue weighted by Crippen LogP contribution is -2.20. The van der Waals surface area contributed by atoms with Crippen LogP contribution in [-0.2, 0) is 0 Å². The lowest BCUT2D eigenvalue weighted by Gasteiger charge is -2.30. The van der Waals surface area contributed by atoms with Gasteiger partial charge >= 0.3 is 0 Å². The van der Waals surface area contributed by atoms with E-state index in [1.54, 1.807) is 6.20 Å². The summed E-state index contributed by atoms with van der Waals surface area (Å²) in [6, 6.07) is 11.6. The molecule has 2 nitrogen and oxygen atoms in total. The van der Waals surface area contributed by atoms with Crippen molar-refractivity contribution in [1.82, 2.24) is 4.98 Å². The highest BCUT2D eigenvalue weighted by molar-refractivity contribution is 6.32. The van der Waals surface area contributed by atoms with E-state index in [2.05, 4.69) is 51.1 Å². The Labute approximate surface area is 200 Å². The number of para-hydroxylation sites is 1. The number of pyridine rings is 1. The molecule has 0 N–H and O–H groups in total. The molecule has 0 radical (unpaired) electrons. The third-order valence-electron chi connectivity index (χ3n) is 4.84. The number of allylic oxidation sites excluding steroid dienone is 5. The zero-order chi connectivity index (χ0) is 23.8. The maximum atomic E-state index is 6.33. The first-order valence-corrected chi connectivity index (χ1v) is 11.9. The van der Waals surface area contributed by atoms with Crippen molar-refractivity contribution >= 4 is 11.6 Å². The molecular weight excluding hydrogens is 414 g/mol. The Bertz CT molecular complexity index is 870. The molecule has 0 amide bonds. The van der Waals surface area contributed by atoms with Gasteiger partial charge in [-0.2, -0.15) is 0 Å². The number of unbranched alkanes of at least 4 members (excludes halogenated alkanes) is 1. The third-order valence-corrected chi connectivity index (χ3v) is 5.15. The Balaban J connectivity index is 0.00000161. The van der Waals surface area contributed by atoms with E-state index in [0.29, 0.717) is 16.5 Å². The highest BCUT2D eigenvalue weighted by Gasteiger charge is 2.29. The zero-order valence-corrected chi connectivity index (χ0v) is 20.8. The molecule has 0 bridgehead atoms. The van der Waals surface area contributed by atoms with Crippen LogP contribution in [0.3, 0.4) is 0 Å². The molecule has 0 aliphatic heterocycles. The molecule has 172 valence electrons. The molecular formula is C29H38ClNO. The van der Waals surface area contributed by atoms with E-state index in [9.17, 15) is 0 Å². The predicted octanol–water partition coefficient (Wildman–Crippen LogP) is 9.32. The summed E-state index contributed by atoms with van der Waals surface area (Å²) >= 11 is 6.33. The van der Waals surface area contributed by atoms with Gasteiger partial charge in [0.15, 0.2) is 0 Å². The molecule has 1 aromatic heterocycles. The number of benzene rings is 1. The Hall–Kier alpha value is -2.58. The fourth-order valence-corrected chi connectivity index (χ4v) is 3.69. The van der Waals surface area contributed by atoms with E-state index in [1.807, 2.05) is 61.7 Å². The molecule has 0 fully saturated rings. The van der Waals surface area contributed by atoms with Crippen LogP contribution in [0.2, 0.25) is 5.02 Å². The van der Waals surface area contributed by atoms with Crippen LogP contribution in [0.4, 0.5) is 0 Å². The lowest BCUT2D eigenvalue weighted by molar-refractivity contribution is 0.334. The van der Waals surface area contributed by atoms with Crippen LogP contribution >= 0.6 is 11.6 Å². The molecule has 2 rings (SSSR count). The molecule has 0 saturated carbocycles. The number of nitrogens with zero attached hydrogens (tertiary/aromatic N) is 1. The standard InChI is InChI=1S/C26H30ClNO.C3H8/c1-5-8-15-23(22-14-11-18-28-19-22)26(21(12-6-2)13-7-3)20(4)29-25-17-10-9-16-24(25)27;1-3-2/h6-7,9-14,16-19,23,26H,2,4-5,8,15H2,1,3H3;3H2,1-2H3/b13-7-,21-12+;. The highest BCUT2D eigenvalue weighted by Crippen LogP contribution is 2.40. The Morgan fingerprint density at radius 1 is 1.16 bits per heavy atom. The Morgan fingerprint density at radius 2 is 1.88 bits per heavy atom. The van der Waals surface area contributed by atoms with Gasteiger partial charge in [-0.15, -0.1) is 0 Å². The van der Waals surface area contributed by atoms with Crippen LogP contribution in [0.1, 0.15) is 64.9 Å². The minimum atomic E-state index is -0.0591. The minimum absolute atomic E-state index is 0.0591. The van der Waals surface area contributed by atoms with Crippen LogP contribution in [0, 0.1) is 5.92 Å². The number of rotatable bonds is 11. The van der Waals surface area contributed by atoms with E-state index in [0.717, 1.165) is 24.8 Å².